The summed E-state index contributed by atoms with van der Waals surface area (Å²) >= 11 is 0. The zero-order valence-electron chi connectivity index (χ0n) is 10.8. The van der Waals surface area contributed by atoms with Crippen LogP contribution in [0.2, 0.25) is 0 Å². The van der Waals surface area contributed by atoms with Crippen LogP contribution in [0.3, 0.4) is 0 Å². The Kier molecular flexibility index (Phi) is 6.08. The molecule has 0 spiro atoms. The molecule has 4 heteroatoms. The third-order valence-electron chi connectivity index (χ3n) is 2.41. The molecule has 0 bridgehead atoms. The van der Waals surface area contributed by atoms with Crippen molar-refractivity contribution in [1.82, 2.24) is 9.55 Å². The summed E-state index contributed by atoms with van der Waals surface area (Å²) in [4.78, 5) is 4.02. The molecule has 0 saturated carbocycles. The van der Waals surface area contributed by atoms with Crippen molar-refractivity contribution in [2.75, 3.05) is 6.61 Å². The SMILES string of the molecule is CC.OCCc1cncn1Cc1cccc(F)c1. The van der Waals surface area contributed by atoms with Gasteiger partial charge < -0.3 is 9.67 Å². The number of halogens is 1. The van der Waals surface area contributed by atoms with E-state index < -0.39 is 0 Å². The number of benzene rings is 1. The summed E-state index contributed by atoms with van der Waals surface area (Å²) in [6, 6.07) is 6.48. The Morgan fingerprint density at radius 2 is 2.11 bits per heavy atom. The second kappa shape index (κ2) is 7.61. The van der Waals surface area contributed by atoms with Gasteiger partial charge in [0.05, 0.1) is 6.33 Å². The number of aromatic nitrogens is 2. The van der Waals surface area contributed by atoms with Crippen LogP contribution in [0.15, 0.2) is 36.8 Å². The highest BCUT2D eigenvalue weighted by molar-refractivity contribution is 5.17. The Morgan fingerprint density at radius 3 is 2.78 bits per heavy atom. The van der Waals surface area contributed by atoms with Gasteiger partial charge in [0.1, 0.15) is 5.82 Å². The molecule has 3 nitrogen and oxygen atoms in total. The standard InChI is InChI=1S/C12H13FN2O.C2H6/c13-11-3-1-2-10(6-11)8-15-9-14-7-12(15)4-5-16;1-2/h1-3,6-7,9,16H,4-5,8H2;1-2H3. The fourth-order valence-electron chi connectivity index (χ4n) is 1.65. The van der Waals surface area contributed by atoms with Crippen LogP contribution in [0.25, 0.3) is 0 Å². The fraction of sp³-hybridized carbons (Fsp3) is 0.357. The molecule has 98 valence electrons. The van der Waals surface area contributed by atoms with Crippen LogP contribution >= 0.6 is 0 Å². The number of hydrogen-bond acceptors (Lipinski definition) is 2. The molecule has 1 aromatic heterocycles. The van der Waals surface area contributed by atoms with Gasteiger partial charge >= 0.3 is 0 Å². The smallest absolute Gasteiger partial charge is 0.123 e. The zero-order chi connectivity index (χ0) is 13.4. The Labute approximate surface area is 107 Å². The maximum atomic E-state index is 13.0. The van der Waals surface area contributed by atoms with Crippen LogP contribution in [0, 0.1) is 5.82 Å². The maximum absolute atomic E-state index is 13.0. The first kappa shape index (κ1) is 14.4. The average Bonchev–Trinajstić information content (AvgIpc) is 2.80. The van der Waals surface area contributed by atoms with Gasteiger partial charge in [-0.3, -0.25) is 0 Å². The highest BCUT2D eigenvalue weighted by Gasteiger charge is 2.02. The van der Waals surface area contributed by atoms with E-state index in [9.17, 15) is 4.39 Å². The van der Waals surface area contributed by atoms with Crippen LogP contribution in [0.1, 0.15) is 25.1 Å². The number of aliphatic hydroxyl groups is 1. The predicted octanol–water partition coefficient (Wildman–Crippen LogP) is 2.63. The molecular formula is C14H19FN2O. The molecule has 1 aromatic carbocycles. The van der Waals surface area contributed by atoms with Gasteiger partial charge in [-0.25, -0.2) is 9.37 Å². The predicted molar refractivity (Wildman–Crippen MR) is 69.9 cm³/mol. The van der Waals surface area contributed by atoms with Gasteiger partial charge in [-0.2, -0.15) is 0 Å². The van der Waals surface area contributed by atoms with Gasteiger partial charge in [-0.1, -0.05) is 26.0 Å². The van der Waals surface area contributed by atoms with E-state index in [4.69, 9.17) is 5.11 Å². The molecule has 18 heavy (non-hydrogen) atoms. The van der Waals surface area contributed by atoms with Crippen molar-refractivity contribution < 1.29 is 9.50 Å². The summed E-state index contributed by atoms with van der Waals surface area (Å²) in [6.07, 6.45) is 3.97. The Hall–Kier alpha value is -1.68. The molecule has 0 saturated heterocycles. The molecule has 2 rings (SSSR count). The lowest BCUT2D eigenvalue weighted by atomic mass is 10.2. The summed E-state index contributed by atoms with van der Waals surface area (Å²) in [6.45, 7) is 4.67. The van der Waals surface area contributed by atoms with Crippen molar-refractivity contribution in [3.63, 3.8) is 0 Å². The van der Waals surface area contributed by atoms with Gasteiger partial charge in [0.15, 0.2) is 0 Å². The average molecular weight is 250 g/mol. The van der Waals surface area contributed by atoms with E-state index in [1.165, 1.54) is 12.1 Å². The number of aliphatic hydroxyl groups excluding tert-OH is 1. The van der Waals surface area contributed by atoms with E-state index in [1.807, 2.05) is 24.5 Å². The molecular weight excluding hydrogens is 231 g/mol. The lowest BCUT2D eigenvalue weighted by Crippen LogP contribution is -2.05. The molecule has 0 radical (unpaired) electrons. The van der Waals surface area contributed by atoms with Gasteiger partial charge in [-0.15, -0.1) is 0 Å². The molecule has 0 aliphatic rings. The molecule has 0 amide bonds. The molecule has 1 heterocycles. The number of hydrogen-bond donors (Lipinski definition) is 1. The first-order chi connectivity index (χ1) is 8.79. The van der Waals surface area contributed by atoms with Crippen molar-refractivity contribution in [3.05, 3.63) is 53.9 Å². The van der Waals surface area contributed by atoms with Crippen molar-refractivity contribution in [2.45, 2.75) is 26.8 Å². The first-order valence-electron chi connectivity index (χ1n) is 6.14. The van der Waals surface area contributed by atoms with Crippen molar-refractivity contribution in [3.8, 4) is 0 Å². The van der Waals surface area contributed by atoms with Crippen LogP contribution in [-0.2, 0) is 13.0 Å². The topological polar surface area (TPSA) is 38.1 Å². The van der Waals surface area contributed by atoms with Gasteiger partial charge in [-0.05, 0) is 17.7 Å². The Morgan fingerprint density at radius 1 is 1.33 bits per heavy atom. The summed E-state index contributed by atoms with van der Waals surface area (Å²) < 4.78 is 14.9. The zero-order valence-corrected chi connectivity index (χ0v) is 10.8. The third kappa shape index (κ3) is 3.96. The van der Waals surface area contributed by atoms with Gasteiger partial charge in [0.25, 0.3) is 0 Å². The second-order valence-electron chi connectivity index (χ2n) is 3.62. The highest BCUT2D eigenvalue weighted by atomic mass is 19.1. The summed E-state index contributed by atoms with van der Waals surface area (Å²) in [5, 5.41) is 8.87. The monoisotopic (exact) mass is 250 g/mol. The fourth-order valence-corrected chi connectivity index (χ4v) is 1.65. The van der Waals surface area contributed by atoms with Crippen molar-refractivity contribution in [2.24, 2.45) is 0 Å². The highest BCUT2D eigenvalue weighted by Crippen LogP contribution is 2.08. The minimum absolute atomic E-state index is 0.0921. The summed E-state index contributed by atoms with van der Waals surface area (Å²) in [7, 11) is 0. The van der Waals surface area contributed by atoms with Crippen LogP contribution in [0.4, 0.5) is 4.39 Å². The van der Waals surface area contributed by atoms with E-state index in [2.05, 4.69) is 4.98 Å². The van der Waals surface area contributed by atoms with Crippen molar-refractivity contribution >= 4 is 0 Å². The first-order valence-corrected chi connectivity index (χ1v) is 6.14. The van der Waals surface area contributed by atoms with Crippen LogP contribution in [-0.4, -0.2) is 21.3 Å². The third-order valence-corrected chi connectivity index (χ3v) is 2.41. The normalized spacial score (nSPS) is 9.78. The lowest BCUT2D eigenvalue weighted by Gasteiger charge is -2.07. The molecule has 0 aliphatic heterocycles. The van der Waals surface area contributed by atoms with E-state index in [1.54, 1.807) is 18.6 Å². The van der Waals surface area contributed by atoms with Crippen LogP contribution < -0.4 is 0 Å². The summed E-state index contributed by atoms with van der Waals surface area (Å²) in [5.74, 6) is -0.235. The minimum Gasteiger partial charge on any atom is -0.396 e. The van der Waals surface area contributed by atoms with Gasteiger partial charge in [0.2, 0.25) is 0 Å². The van der Waals surface area contributed by atoms with Crippen LogP contribution in [0.5, 0.6) is 0 Å². The van der Waals surface area contributed by atoms with E-state index >= 15 is 0 Å². The second-order valence-corrected chi connectivity index (χ2v) is 3.62. The maximum Gasteiger partial charge on any atom is 0.123 e. The molecule has 0 unspecified atom stereocenters. The number of rotatable bonds is 4. The molecule has 0 aliphatic carbocycles. The molecule has 1 N–H and O–H groups in total. The number of nitrogens with zero attached hydrogens (tertiary/aromatic N) is 2. The molecule has 0 fully saturated rings. The van der Waals surface area contributed by atoms with Gasteiger partial charge in [0, 0.05) is 31.5 Å². The molecule has 2 aromatic rings. The Bertz CT molecular complexity index is 468. The lowest BCUT2D eigenvalue weighted by molar-refractivity contribution is 0.296. The van der Waals surface area contributed by atoms with E-state index in [0.717, 1.165) is 11.3 Å². The quantitative estimate of drug-likeness (QED) is 0.905. The Balaban J connectivity index is 0.000000771. The number of imidazole rings is 1. The van der Waals surface area contributed by atoms with E-state index in [-0.39, 0.29) is 12.4 Å². The minimum atomic E-state index is -0.235. The summed E-state index contributed by atoms with van der Waals surface area (Å²) in [5.41, 5.74) is 1.84. The largest absolute Gasteiger partial charge is 0.396 e. The van der Waals surface area contributed by atoms with Crippen molar-refractivity contribution in [1.29, 1.82) is 0 Å². The molecule has 0 atom stereocenters. The van der Waals surface area contributed by atoms with E-state index in [0.29, 0.717) is 13.0 Å².